The Labute approximate surface area is 108 Å². The lowest BCUT2D eigenvalue weighted by Crippen LogP contribution is -2.40. The van der Waals surface area contributed by atoms with Crippen LogP contribution in [-0.4, -0.2) is 44.2 Å². The van der Waals surface area contributed by atoms with E-state index in [1.54, 1.807) is 11.4 Å². The molecule has 1 aromatic rings. The van der Waals surface area contributed by atoms with E-state index in [4.69, 9.17) is 0 Å². The maximum absolute atomic E-state index is 12.2. The number of Topliss-reactive ketones (excluding diaryl/α,β-unsaturated/α-hetero) is 1. The standard InChI is InChI=1S/C10H11NO5S2/c1-16-10(13)8-5-7(12)6-11(8)18(14,15)9-3-2-4-17-9/h2-4,8H,5-6H2,1H3/t8-/m1/s1. The molecule has 0 radical (unpaired) electrons. The number of carbonyl (C=O) groups is 2. The summed E-state index contributed by atoms with van der Waals surface area (Å²) in [5, 5.41) is 1.62. The van der Waals surface area contributed by atoms with Crippen LogP contribution in [0.4, 0.5) is 0 Å². The van der Waals surface area contributed by atoms with E-state index in [-0.39, 0.29) is 23.0 Å². The van der Waals surface area contributed by atoms with Crippen molar-refractivity contribution in [2.75, 3.05) is 13.7 Å². The first kappa shape index (κ1) is 13.2. The Bertz CT molecular complexity index is 563. The van der Waals surface area contributed by atoms with Gasteiger partial charge in [-0.1, -0.05) is 6.07 Å². The average Bonchev–Trinajstić information content (AvgIpc) is 2.96. The van der Waals surface area contributed by atoms with E-state index in [1.807, 2.05) is 0 Å². The number of rotatable bonds is 3. The molecule has 1 saturated heterocycles. The number of thiophene rings is 1. The molecular formula is C10H11NO5S2. The van der Waals surface area contributed by atoms with Crippen molar-refractivity contribution in [1.82, 2.24) is 4.31 Å². The summed E-state index contributed by atoms with van der Waals surface area (Å²) in [6, 6.07) is 1.99. The minimum Gasteiger partial charge on any atom is -0.468 e. The van der Waals surface area contributed by atoms with Crippen LogP contribution in [0.2, 0.25) is 0 Å². The zero-order valence-corrected chi connectivity index (χ0v) is 11.2. The quantitative estimate of drug-likeness (QED) is 0.745. The molecule has 1 aliphatic heterocycles. The normalized spacial score (nSPS) is 21.2. The van der Waals surface area contributed by atoms with Crippen molar-refractivity contribution < 1.29 is 22.7 Å². The van der Waals surface area contributed by atoms with E-state index in [0.29, 0.717) is 0 Å². The van der Waals surface area contributed by atoms with Crippen molar-refractivity contribution in [2.24, 2.45) is 0 Å². The van der Waals surface area contributed by atoms with Crippen LogP contribution in [0.3, 0.4) is 0 Å². The zero-order chi connectivity index (χ0) is 13.3. The number of sulfonamides is 1. The van der Waals surface area contributed by atoms with E-state index in [1.165, 1.54) is 13.2 Å². The lowest BCUT2D eigenvalue weighted by atomic mass is 10.2. The van der Waals surface area contributed by atoms with Crippen LogP contribution < -0.4 is 0 Å². The molecule has 2 rings (SSSR count). The third-order valence-electron chi connectivity index (χ3n) is 2.63. The number of ether oxygens (including phenoxy) is 1. The van der Waals surface area contributed by atoms with Crippen molar-refractivity contribution >= 4 is 33.1 Å². The number of nitrogens with zero attached hydrogens (tertiary/aromatic N) is 1. The van der Waals surface area contributed by atoms with Gasteiger partial charge in [-0.2, -0.15) is 4.31 Å². The molecule has 0 spiro atoms. The molecule has 1 fully saturated rings. The molecule has 0 saturated carbocycles. The third kappa shape index (κ3) is 2.18. The molecule has 2 heterocycles. The molecule has 1 aliphatic rings. The molecule has 0 N–H and O–H groups in total. The fourth-order valence-corrected chi connectivity index (χ4v) is 4.46. The van der Waals surface area contributed by atoms with Crippen molar-refractivity contribution in [3.8, 4) is 0 Å². The molecule has 1 aromatic heterocycles. The molecule has 0 unspecified atom stereocenters. The number of methoxy groups -OCH3 is 1. The summed E-state index contributed by atoms with van der Waals surface area (Å²) < 4.78 is 30.1. The Morgan fingerprint density at radius 3 is 2.83 bits per heavy atom. The summed E-state index contributed by atoms with van der Waals surface area (Å²) in [4.78, 5) is 22.9. The Morgan fingerprint density at radius 1 is 1.56 bits per heavy atom. The van der Waals surface area contributed by atoms with Crippen LogP contribution in [-0.2, 0) is 24.3 Å². The van der Waals surface area contributed by atoms with Crippen LogP contribution in [0.25, 0.3) is 0 Å². The van der Waals surface area contributed by atoms with E-state index in [2.05, 4.69) is 4.74 Å². The minimum atomic E-state index is -3.80. The van der Waals surface area contributed by atoms with Crippen LogP contribution in [0.1, 0.15) is 6.42 Å². The first-order valence-corrected chi connectivity index (χ1v) is 7.43. The van der Waals surface area contributed by atoms with Crippen molar-refractivity contribution in [3.63, 3.8) is 0 Å². The lowest BCUT2D eigenvalue weighted by Gasteiger charge is -2.20. The Kier molecular flexibility index (Phi) is 3.51. The highest BCUT2D eigenvalue weighted by Crippen LogP contribution is 2.27. The van der Waals surface area contributed by atoms with E-state index >= 15 is 0 Å². The molecule has 1 atom stereocenters. The summed E-state index contributed by atoms with van der Waals surface area (Å²) in [6.45, 7) is -0.278. The average molecular weight is 289 g/mol. The molecule has 98 valence electrons. The van der Waals surface area contributed by atoms with Gasteiger partial charge in [-0.15, -0.1) is 11.3 Å². The highest BCUT2D eigenvalue weighted by Gasteiger charge is 2.44. The summed E-state index contributed by atoms with van der Waals surface area (Å²) in [6.07, 6.45) is -0.128. The molecule has 18 heavy (non-hydrogen) atoms. The molecule has 0 bridgehead atoms. The zero-order valence-electron chi connectivity index (χ0n) is 9.53. The highest BCUT2D eigenvalue weighted by molar-refractivity contribution is 7.91. The Hall–Kier alpha value is -1.25. The summed E-state index contributed by atoms with van der Waals surface area (Å²) in [5.74, 6) is -0.994. The maximum Gasteiger partial charge on any atom is 0.324 e. The predicted octanol–water partition coefficient (Wildman–Crippen LogP) is 0.253. The van der Waals surface area contributed by atoms with Crippen molar-refractivity contribution in [3.05, 3.63) is 17.5 Å². The second-order valence-corrected chi connectivity index (χ2v) is 6.83. The summed E-state index contributed by atoms with van der Waals surface area (Å²) in [5.41, 5.74) is 0. The smallest absolute Gasteiger partial charge is 0.324 e. The van der Waals surface area contributed by atoms with E-state index in [9.17, 15) is 18.0 Å². The molecule has 8 heteroatoms. The van der Waals surface area contributed by atoms with Crippen molar-refractivity contribution in [2.45, 2.75) is 16.7 Å². The molecule has 0 aliphatic carbocycles. The van der Waals surface area contributed by atoms with Crippen LogP contribution in [0, 0.1) is 0 Å². The molecular weight excluding hydrogens is 278 g/mol. The second-order valence-electron chi connectivity index (χ2n) is 3.76. The Balaban J connectivity index is 2.37. The lowest BCUT2D eigenvalue weighted by molar-refractivity contribution is -0.144. The molecule has 0 aromatic carbocycles. The van der Waals surface area contributed by atoms with Gasteiger partial charge in [0, 0.05) is 6.42 Å². The van der Waals surface area contributed by atoms with Gasteiger partial charge in [0.15, 0.2) is 0 Å². The largest absolute Gasteiger partial charge is 0.468 e. The number of ketones is 1. The van der Waals surface area contributed by atoms with Gasteiger partial charge in [0.2, 0.25) is 0 Å². The monoisotopic (exact) mass is 289 g/mol. The number of esters is 1. The fourth-order valence-electron chi connectivity index (χ4n) is 1.78. The van der Waals surface area contributed by atoms with E-state index in [0.717, 1.165) is 15.6 Å². The predicted molar refractivity (Wildman–Crippen MR) is 63.6 cm³/mol. The minimum absolute atomic E-state index is 0.117. The first-order chi connectivity index (χ1) is 8.46. The van der Waals surface area contributed by atoms with Gasteiger partial charge in [0.05, 0.1) is 13.7 Å². The van der Waals surface area contributed by atoms with Gasteiger partial charge >= 0.3 is 5.97 Å². The van der Waals surface area contributed by atoms with Gasteiger partial charge in [-0.25, -0.2) is 8.42 Å². The third-order valence-corrected chi connectivity index (χ3v) is 5.86. The fraction of sp³-hybridized carbons (Fsp3) is 0.400. The van der Waals surface area contributed by atoms with Gasteiger partial charge in [-0.05, 0) is 11.4 Å². The van der Waals surface area contributed by atoms with Crippen LogP contribution >= 0.6 is 11.3 Å². The van der Waals surface area contributed by atoms with Gasteiger partial charge in [0.25, 0.3) is 10.0 Å². The second kappa shape index (κ2) is 4.79. The van der Waals surface area contributed by atoms with Gasteiger partial charge < -0.3 is 4.74 Å². The van der Waals surface area contributed by atoms with Gasteiger partial charge in [0.1, 0.15) is 16.0 Å². The van der Waals surface area contributed by atoms with E-state index < -0.39 is 22.0 Å². The number of hydrogen-bond donors (Lipinski definition) is 0. The van der Waals surface area contributed by atoms with Crippen LogP contribution in [0.15, 0.2) is 21.7 Å². The summed E-state index contributed by atoms with van der Waals surface area (Å²) >= 11 is 1.05. The summed E-state index contributed by atoms with van der Waals surface area (Å²) in [7, 11) is -2.63. The number of hydrogen-bond acceptors (Lipinski definition) is 6. The topological polar surface area (TPSA) is 80.8 Å². The SMILES string of the molecule is COC(=O)[C@H]1CC(=O)CN1S(=O)(=O)c1cccs1. The van der Waals surface area contributed by atoms with Crippen molar-refractivity contribution in [1.29, 1.82) is 0 Å². The van der Waals surface area contributed by atoms with Gasteiger partial charge in [-0.3, -0.25) is 9.59 Å². The first-order valence-electron chi connectivity index (χ1n) is 5.11. The Morgan fingerprint density at radius 2 is 2.28 bits per heavy atom. The number of carbonyl (C=O) groups excluding carboxylic acids is 2. The van der Waals surface area contributed by atoms with Crippen LogP contribution in [0.5, 0.6) is 0 Å². The molecule has 6 nitrogen and oxygen atoms in total. The highest BCUT2D eigenvalue weighted by atomic mass is 32.2. The maximum atomic E-state index is 12.2. The molecule has 0 amide bonds.